The van der Waals surface area contributed by atoms with E-state index in [0.717, 1.165) is 23.8 Å². The molecular formula is C17H16ClF3N2O2. The summed E-state index contributed by atoms with van der Waals surface area (Å²) in [4.78, 5) is 11.8. The lowest BCUT2D eigenvalue weighted by Gasteiger charge is -2.13. The Morgan fingerprint density at radius 2 is 1.92 bits per heavy atom. The van der Waals surface area contributed by atoms with Crippen LogP contribution in [0.4, 0.5) is 23.7 Å². The molecule has 4 nitrogen and oxygen atoms in total. The van der Waals surface area contributed by atoms with E-state index in [2.05, 4.69) is 10.6 Å². The molecule has 0 unspecified atom stereocenters. The van der Waals surface area contributed by atoms with E-state index >= 15 is 0 Å². The van der Waals surface area contributed by atoms with Gasteiger partial charge in [-0.3, -0.25) is 0 Å². The number of para-hydroxylation sites is 1. The molecule has 2 aromatic rings. The zero-order chi connectivity index (χ0) is 18.4. The Balaban J connectivity index is 1.85. The number of anilines is 1. The van der Waals surface area contributed by atoms with E-state index in [9.17, 15) is 18.0 Å². The zero-order valence-electron chi connectivity index (χ0n) is 13.3. The van der Waals surface area contributed by atoms with Crippen LogP contribution in [0.3, 0.4) is 0 Å². The van der Waals surface area contributed by atoms with Crippen molar-refractivity contribution in [2.75, 3.05) is 18.5 Å². The molecule has 134 valence electrons. The maximum atomic E-state index is 12.7. The van der Waals surface area contributed by atoms with Crippen molar-refractivity contribution in [1.29, 1.82) is 0 Å². The number of ether oxygens (including phenoxy) is 1. The average molecular weight is 373 g/mol. The summed E-state index contributed by atoms with van der Waals surface area (Å²) in [5, 5.41) is 4.80. The van der Waals surface area contributed by atoms with E-state index < -0.39 is 17.8 Å². The van der Waals surface area contributed by atoms with Gasteiger partial charge in [0.15, 0.2) is 0 Å². The van der Waals surface area contributed by atoms with Crippen molar-refractivity contribution < 1.29 is 22.7 Å². The summed E-state index contributed by atoms with van der Waals surface area (Å²) >= 11 is 5.81. The van der Waals surface area contributed by atoms with Crippen LogP contribution in [-0.2, 0) is 6.18 Å². The van der Waals surface area contributed by atoms with Crippen LogP contribution in [-0.4, -0.2) is 19.2 Å². The molecule has 0 heterocycles. The van der Waals surface area contributed by atoms with Gasteiger partial charge in [-0.1, -0.05) is 29.8 Å². The van der Waals surface area contributed by atoms with Gasteiger partial charge >= 0.3 is 12.2 Å². The predicted octanol–water partition coefficient (Wildman–Crippen LogP) is 4.87. The van der Waals surface area contributed by atoms with E-state index in [-0.39, 0.29) is 23.9 Å². The molecule has 0 aliphatic rings. The quantitative estimate of drug-likeness (QED) is 0.736. The van der Waals surface area contributed by atoms with Crippen LogP contribution in [0.5, 0.6) is 5.75 Å². The highest BCUT2D eigenvalue weighted by Gasteiger charge is 2.31. The van der Waals surface area contributed by atoms with Gasteiger partial charge < -0.3 is 15.4 Å². The SMILES string of the molecule is Cc1ccccc1OCCNC(=O)Nc1cc(C(F)(F)F)ccc1Cl. The van der Waals surface area contributed by atoms with Crippen LogP contribution in [0.1, 0.15) is 11.1 Å². The first kappa shape index (κ1) is 18.9. The topological polar surface area (TPSA) is 50.4 Å². The normalized spacial score (nSPS) is 11.1. The molecule has 2 amide bonds. The summed E-state index contributed by atoms with van der Waals surface area (Å²) in [6.07, 6.45) is -4.52. The Hall–Kier alpha value is -2.41. The lowest BCUT2D eigenvalue weighted by Crippen LogP contribution is -2.32. The minimum Gasteiger partial charge on any atom is -0.491 e. The maximum absolute atomic E-state index is 12.7. The largest absolute Gasteiger partial charge is 0.491 e. The third-order valence-electron chi connectivity index (χ3n) is 3.28. The monoisotopic (exact) mass is 372 g/mol. The van der Waals surface area contributed by atoms with Crippen LogP contribution < -0.4 is 15.4 Å². The van der Waals surface area contributed by atoms with Crippen molar-refractivity contribution in [3.05, 3.63) is 58.6 Å². The zero-order valence-corrected chi connectivity index (χ0v) is 14.0. The van der Waals surface area contributed by atoms with Crippen LogP contribution in [0, 0.1) is 6.92 Å². The van der Waals surface area contributed by atoms with Gasteiger partial charge in [-0.05, 0) is 36.8 Å². The summed E-state index contributed by atoms with van der Waals surface area (Å²) in [6, 6.07) is 9.46. The molecule has 0 aliphatic carbocycles. The summed E-state index contributed by atoms with van der Waals surface area (Å²) in [5.41, 5.74) is -0.0494. The molecule has 2 N–H and O–H groups in total. The molecule has 0 saturated carbocycles. The third-order valence-corrected chi connectivity index (χ3v) is 3.61. The van der Waals surface area contributed by atoms with E-state index in [1.165, 1.54) is 0 Å². The molecule has 0 fully saturated rings. The Morgan fingerprint density at radius 3 is 2.60 bits per heavy atom. The third kappa shape index (κ3) is 5.56. The highest BCUT2D eigenvalue weighted by Crippen LogP contribution is 2.33. The van der Waals surface area contributed by atoms with E-state index in [1.54, 1.807) is 6.07 Å². The number of rotatable bonds is 5. The molecule has 0 atom stereocenters. The molecule has 2 rings (SSSR count). The number of nitrogens with one attached hydrogen (secondary N) is 2. The van der Waals surface area contributed by atoms with Gasteiger partial charge in [-0.15, -0.1) is 0 Å². The number of carbonyl (C=O) groups is 1. The fraction of sp³-hybridized carbons (Fsp3) is 0.235. The summed E-state index contributed by atoms with van der Waals surface area (Å²) < 4.78 is 43.6. The predicted molar refractivity (Wildman–Crippen MR) is 90.1 cm³/mol. The standard InChI is InChI=1S/C17H16ClF3N2O2/c1-11-4-2-3-5-15(11)25-9-8-22-16(24)23-14-10-12(17(19,20)21)6-7-13(14)18/h2-7,10H,8-9H2,1H3,(H2,22,23,24). The van der Waals surface area contributed by atoms with Gasteiger partial charge in [0.2, 0.25) is 0 Å². The molecule has 2 aromatic carbocycles. The van der Waals surface area contributed by atoms with Crippen LogP contribution in [0.2, 0.25) is 5.02 Å². The second kappa shape index (κ2) is 8.11. The van der Waals surface area contributed by atoms with Gasteiger partial charge in [0, 0.05) is 0 Å². The first-order chi connectivity index (χ1) is 11.8. The Morgan fingerprint density at radius 1 is 1.20 bits per heavy atom. The second-order valence-electron chi connectivity index (χ2n) is 5.19. The fourth-order valence-electron chi connectivity index (χ4n) is 2.01. The van der Waals surface area contributed by atoms with Crippen molar-refractivity contribution in [1.82, 2.24) is 5.32 Å². The molecule has 8 heteroatoms. The minimum atomic E-state index is -4.52. The number of urea groups is 1. The Labute approximate surface area is 147 Å². The van der Waals surface area contributed by atoms with E-state index in [0.29, 0.717) is 5.75 Å². The molecule has 0 radical (unpaired) electrons. The van der Waals surface area contributed by atoms with Crippen LogP contribution in [0.15, 0.2) is 42.5 Å². The number of alkyl halides is 3. The van der Waals surface area contributed by atoms with Gasteiger partial charge in [-0.2, -0.15) is 13.2 Å². The van der Waals surface area contributed by atoms with Gasteiger partial charge in [0.05, 0.1) is 22.8 Å². The Bertz CT molecular complexity index is 751. The number of benzene rings is 2. The lowest BCUT2D eigenvalue weighted by atomic mass is 10.2. The minimum absolute atomic E-state index is 0.0133. The number of amides is 2. The first-order valence-corrected chi connectivity index (χ1v) is 7.75. The number of aryl methyl sites for hydroxylation is 1. The van der Waals surface area contributed by atoms with Crippen molar-refractivity contribution in [2.45, 2.75) is 13.1 Å². The highest BCUT2D eigenvalue weighted by atomic mass is 35.5. The summed E-state index contributed by atoms with van der Waals surface area (Å²) in [7, 11) is 0. The van der Waals surface area contributed by atoms with Crippen molar-refractivity contribution in [3.63, 3.8) is 0 Å². The average Bonchev–Trinajstić information content (AvgIpc) is 2.54. The van der Waals surface area contributed by atoms with E-state index in [1.807, 2.05) is 25.1 Å². The van der Waals surface area contributed by atoms with Crippen LogP contribution in [0.25, 0.3) is 0 Å². The number of halogens is 4. The van der Waals surface area contributed by atoms with Crippen LogP contribution >= 0.6 is 11.6 Å². The van der Waals surface area contributed by atoms with Crippen molar-refractivity contribution in [3.8, 4) is 5.75 Å². The Kier molecular flexibility index (Phi) is 6.14. The lowest BCUT2D eigenvalue weighted by molar-refractivity contribution is -0.137. The number of hydrogen-bond acceptors (Lipinski definition) is 2. The fourth-order valence-corrected chi connectivity index (χ4v) is 2.17. The molecule has 0 spiro atoms. The van der Waals surface area contributed by atoms with Crippen molar-refractivity contribution in [2.24, 2.45) is 0 Å². The molecule has 0 aromatic heterocycles. The van der Waals surface area contributed by atoms with Gasteiger partial charge in [-0.25, -0.2) is 4.79 Å². The van der Waals surface area contributed by atoms with Crippen molar-refractivity contribution >= 4 is 23.3 Å². The number of hydrogen-bond donors (Lipinski definition) is 2. The van der Waals surface area contributed by atoms with Gasteiger partial charge in [0.25, 0.3) is 0 Å². The maximum Gasteiger partial charge on any atom is 0.416 e. The number of carbonyl (C=O) groups excluding carboxylic acids is 1. The first-order valence-electron chi connectivity index (χ1n) is 7.37. The molecule has 0 bridgehead atoms. The molecule has 0 saturated heterocycles. The molecule has 0 aliphatic heterocycles. The molecule has 25 heavy (non-hydrogen) atoms. The summed E-state index contributed by atoms with van der Waals surface area (Å²) in [6.45, 7) is 2.29. The van der Waals surface area contributed by atoms with E-state index in [4.69, 9.17) is 16.3 Å². The second-order valence-corrected chi connectivity index (χ2v) is 5.59. The smallest absolute Gasteiger partial charge is 0.416 e. The van der Waals surface area contributed by atoms with Gasteiger partial charge in [0.1, 0.15) is 12.4 Å². The molecular weight excluding hydrogens is 357 g/mol. The summed E-state index contributed by atoms with van der Waals surface area (Å²) in [5.74, 6) is 0.700. The highest BCUT2D eigenvalue weighted by molar-refractivity contribution is 6.33.